The maximum absolute atomic E-state index is 5.60. The third-order valence-electron chi connectivity index (χ3n) is 0.882. The molecular formula is C6H4Cl3K. The molecule has 4 heteroatoms. The summed E-state index contributed by atoms with van der Waals surface area (Å²) in [6.07, 6.45) is 0. The first-order valence-electron chi connectivity index (χ1n) is 2.30. The van der Waals surface area contributed by atoms with Crippen LogP contribution in [0.15, 0.2) is 18.2 Å². The van der Waals surface area contributed by atoms with Crippen molar-refractivity contribution in [1.29, 1.82) is 0 Å². The Hall–Kier alpha value is 1.73. The molecule has 50 valence electrons. The van der Waals surface area contributed by atoms with Gasteiger partial charge < -0.3 is 1.43 Å². The molecule has 0 saturated heterocycles. The van der Waals surface area contributed by atoms with E-state index in [0.29, 0.717) is 15.1 Å². The van der Waals surface area contributed by atoms with Crippen molar-refractivity contribution in [3.63, 3.8) is 0 Å². The van der Waals surface area contributed by atoms with E-state index in [0.717, 1.165) is 0 Å². The fraction of sp³-hybridized carbons (Fsp3) is 0. The number of rotatable bonds is 0. The predicted octanol–water partition coefficient (Wildman–Crippen LogP) is 0.763. The van der Waals surface area contributed by atoms with Crippen LogP contribution >= 0.6 is 34.8 Å². The van der Waals surface area contributed by atoms with E-state index in [1.807, 2.05) is 0 Å². The summed E-state index contributed by atoms with van der Waals surface area (Å²) in [5, 5.41) is 1.62. The molecule has 1 rings (SSSR count). The van der Waals surface area contributed by atoms with Crippen LogP contribution in [0.4, 0.5) is 0 Å². The SMILES string of the molecule is Clc1ccc(Cl)c(Cl)c1.[H-].[K+]. The van der Waals surface area contributed by atoms with Crippen LogP contribution in [0, 0.1) is 0 Å². The Morgan fingerprint density at radius 2 is 1.60 bits per heavy atom. The van der Waals surface area contributed by atoms with Crippen molar-refractivity contribution in [2.45, 2.75) is 0 Å². The number of halogens is 3. The van der Waals surface area contributed by atoms with E-state index in [4.69, 9.17) is 34.8 Å². The quantitative estimate of drug-likeness (QED) is 0.448. The van der Waals surface area contributed by atoms with Gasteiger partial charge >= 0.3 is 51.4 Å². The molecule has 0 fully saturated rings. The van der Waals surface area contributed by atoms with Gasteiger partial charge in [-0.3, -0.25) is 0 Å². The van der Waals surface area contributed by atoms with Gasteiger partial charge in [-0.2, -0.15) is 0 Å². The maximum Gasteiger partial charge on any atom is 1.00 e. The summed E-state index contributed by atoms with van der Waals surface area (Å²) in [5.74, 6) is 0. The molecule has 0 atom stereocenters. The van der Waals surface area contributed by atoms with Gasteiger partial charge in [0.1, 0.15) is 0 Å². The molecule has 1 aromatic rings. The van der Waals surface area contributed by atoms with E-state index in [9.17, 15) is 0 Å². The minimum atomic E-state index is 0. The fourth-order valence-corrected chi connectivity index (χ4v) is 0.997. The molecule has 0 N–H and O–H groups in total. The van der Waals surface area contributed by atoms with Crippen LogP contribution in [0.2, 0.25) is 15.1 Å². The summed E-state index contributed by atoms with van der Waals surface area (Å²) in [5.41, 5.74) is 0. The number of hydrogen-bond donors (Lipinski definition) is 0. The average Bonchev–Trinajstić information content (AvgIpc) is 1.80. The Balaban J connectivity index is 0. The zero-order chi connectivity index (χ0) is 6.85. The summed E-state index contributed by atoms with van der Waals surface area (Å²) in [6, 6.07) is 4.95. The van der Waals surface area contributed by atoms with Crippen molar-refractivity contribution in [1.82, 2.24) is 0 Å². The van der Waals surface area contributed by atoms with E-state index in [2.05, 4.69) is 0 Å². The van der Waals surface area contributed by atoms with Crippen LogP contribution in [0.1, 0.15) is 1.43 Å². The molecule has 0 bridgehead atoms. The second-order valence-corrected chi connectivity index (χ2v) is 2.81. The second-order valence-electron chi connectivity index (χ2n) is 1.56. The van der Waals surface area contributed by atoms with Crippen molar-refractivity contribution in [2.75, 3.05) is 0 Å². The Labute approximate surface area is 119 Å². The van der Waals surface area contributed by atoms with Crippen molar-refractivity contribution in [3.05, 3.63) is 33.3 Å². The van der Waals surface area contributed by atoms with Gasteiger partial charge in [0.25, 0.3) is 0 Å². The first-order valence-corrected chi connectivity index (χ1v) is 3.44. The first-order chi connectivity index (χ1) is 4.20. The molecule has 0 amide bonds. The van der Waals surface area contributed by atoms with E-state index in [1.165, 1.54) is 0 Å². The van der Waals surface area contributed by atoms with Gasteiger partial charge in [-0.25, -0.2) is 0 Å². The smallest absolute Gasteiger partial charge is 1.00 e. The Morgan fingerprint density at radius 1 is 1.00 bits per heavy atom. The second kappa shape index (κ2) is 5.39. The zero-order valence-corrected chi connectivity index (χ0v) is 10.8. The molecule has 0 heterocycles. The summed E-state index contributed by atoms with van der Waals surface area (Å²) < 4.78 is 0. The molecule has 0 aliphatic rings. The Morgan fingerprint density at radius 3 is 2.00 bits per heavy atom. The van der Waals surface area contributed by atoms with Crippen molar-refractivity contribution < 1.29 is 52.8 Å². The molecule has 10 heavy (non-hydrogen) atoms. The van der Waals surface area contributed by atoms with E-state index < -0.39 is 0 Å². The third kappa shape index (κ3) is 3.42. The van der Waals surface area contributed by atoms with Crippen molar-refractivity contribution >= 4 is 34.8 Å². The van der Waals surface area contributed by atoms with E-state index >= 15 is 0 Å². The third-order valence-corrected chi connectivity index (χ3v) is 1.86. The molecule has 0 spiro atoms. The summed E-state index contributed by atoms with van der Waals surface area (Å²) in [6.45, 7) is 0. The predicted molar refractivity (Wildman–Crippen MR) is 42.6 cm³/mol. The normalized spacial score (nSPS) is 8.70. The van der Waals surface area contributed by atoms with Gasteiger partial charge in [-0.05, 0) is 18.2 Å². The zero-order valence-electron chi connectivity index (χ0n) is 6.37. The molecule has 0 aliphatic carbocycles. The van der Waals surface area contributed by atoms with Crippen LogP contribution in [-0.2, 0) is 0 Å². The van der Waals surface area contributed by atoms with E-state index in [-0.39, 0.29) is 52.8 Å². The monoisotopic (exact) mass is 220 g/mol. The Bertz CT molecular complexity index is 229. The molecular weight excluding hydrogens is 218 g/mol. The van der Waals surface area contributed by atoms with Crippen LogP contribution in [0.5, 0.6) is 0 Å². The van der Waals surface area contributed by atoms with Gasteiger partial charge in [0.15, 0.2) is 0 Å². The molecule has 0 aliphatic heterocycles. The van der Waals surface area contributed by atoms with Gasteiger partial charge in [0.05, 0.1) is 10.0 Å². The van der Waals surface area contributed by atoms with Gasteiger partial charge in [0.2, 0.25) is 0 Å². The molecule has 0 unspecified atom stereocenters. The van der Waals surface area contributed by atoms with Crippen LogP contribution < -0.4 is 51.4 Å². The van der Waals surface area contributed by atoms with Crippen LogP contribution in [0.3, 0.4) is 0 Å². The summed E-state index contributed by atoms with van der Waals surface area (Å²) in [4.78, 5) is 0. The first kappa shape index (κ1) is 11.7. The minimum absolute atomic E-state index is 0. The van der Waals surface area contributed by atoms with Gasteiger partial charge in [-0.15, -0.1) is 0 Å². The molecule has 0 radical (unpaired) electrons. The standard InChI is InChI=1S/C6H3Cl3.K.H/c7-4-1-2-5(8)6(9)3-4;;/h1-3H;;/q;+1;-1. The largest absolute Gasteiger partial charge is 1.00 e. The Kier molecular flexibility index (Phi) is 6.32. The fourth-order valence-electron chi connectivity index (χ4n) is 0.470. The van der Waals surface area contributed by atoms with Crippen LogP contribution in [-0.4, -0.2) is 0 Å². The maximum atomic E-state index is 5.60. The minimum Gasteiger partial charge on any atom is -1.00 e. The van der Waals surface area contributed by atoms with Gasteiger partial charge in [-0.1, -0.05) is 34.8 Å². The topological polar surface area (TPSA) is 0 Å². The number of benzene rings is 1. The molecule has 0 nitrogen and oxygen atoms in total. The summed E-state index contributed by atoms with van der Waals surface area (Å²) in [7, 11) is 0. The average molecular weight is 222 g/mol. The van der Waals surface area contributed by atoms with Crippen molar-refractivity contribution in [2.24, 2.45) is 0 Å². The van der Waals surface area contributed by atoms with Crippen molar-refractivity contribution in [3.8, 4) is 0 Å². The molecule has 0 aromatic heterocycles. The molecule has 1 aromatic carbocycles. The van der Waals surface area contributed by atoms with Crippen LogP contribution in [0.25, 0.3) is 0 Å². The van der Waals surface area contributed by atoms with Gasteiger partial charge in [0, 0.05) is 5.02 Å². The van der Waals surface area contributed by atoms with E-state index in [1.54, 1.807) is 18.2 Å². The number of hydrogen-bond acceptors (Lipinski definition) is 0. The summed E-state index contributed by atoms with van der Waals surface area (Å²) >= 11 is 16.8. The molecule has 0 saturated carbocycles.